The van der Waals surface area contributed by atoms with Gasteiger partial charge in [-0.2, -0.15) is 0 Å². The summed E-state index contributed by atoms with van der Waals surface area (Å²) in [6, 6.07) is 0.538. The first kappa shape index (κ1) is 14.3. The highest BCUT2D eigenvalue weighted by molar-refractivity contribution is 5.85. The molecule has 2 rings (SSSR count). The maximum Gasteiger partial charge on any atom is 0.239 e. The minimum Gasteiger partial charge on any atom is -0.351 e. The monoisotopic (exact) mass is 267 g/mol. The summed E-state index contributed by atoms with van der Waals surface area (Å²) in [5.74, 6) is 0.175. The number of rotatable bonds is 5. The molecule has 5 heteroatoms. The van der Waals surface area contributed by atoms with Gasteiger partial charge in [-0.05, 0) is 40.0 Å². The standard InChI is InChI=1S/C14H25N3O2/c1-14(2,3)16-12(18)7-9-17-8-6-11(13(17)19)15-10-4-5-10/h10-11,15H,4-9H2,1-3H3,(H,16,18). The summed E-state index contributed by atoms with van der Waals surface area (Å²) >= 11 is 0. The molecule has 1 aliphatic heterocycles. The van der Waals surface area contributed by atoms with E-state index in [1.807, 2.05) is 25.7 Å². The zero-order valence-corrected chi connectivity index (χ0v) is 12.2. The summed E-state index contributed by atoms with van der Waals surface area (Å²) in [6.45, 7) is 7.18. The van der Waals surface area contributed by atoms with Crippen LogP contribution in [0, 0.1) is 0 Å². The molecular weight excluding hydrogens is 242 g/mol. The van der Waals surface area contributed by atoms with Gasteiger partial charge in [0.15, 0.2) is 0 Å². The van der Waals surface area contributed by atoms with Crippen LogP contribution in [0.4, 0.5) is 0 Å². The first-order valence-electron chi connectivity index (χ1n) is 7.21. The van der Waals surface area contributed by atoms with Crippen molar-refractivity contribution in [2.24, 2.45) is 0 Å². The van der Waals surface area contributed by atoms with E-state index in [1.54, 1.807) is 0 Å². The Bertz CT molecular complexity index is 358. The molecule has 1 unspecified atom stereocenters. The van der Waals surface area contributed by atoms with E-state index in [0.717, 1.165) is 13.0 Å². The Morgan fingerprint density at radius 2 is 2.00 bits per heavy atom. The van der Waals surface area contributed by atoms with Crippen molar-refractivity contribution in [3.8, 4) is 0 Å². The largest absolute Gasteiger partial charge is 0.351 e. The molecule has 0 aromatic heterocycles. The van der Waals surface area contributed by atoms with Gasteiger partial charge < -0.3 is 15.5 Å². The number of amides is 2. The van der Waals surface area contributed by atoms with Crippen molar-refractivity contribution < 1.29 is 9.59 Å². The van der Waals surface area contributed by atoms with Crippen LogP contribution in [0.3, 0.4) is 0 Å². The molecule has 0 aromatic carbocycles. The number of hydrogen-bond acceptors (Lipinski definition) is 3. The second-order valence-electron chi connectivity index (χ2n) is 6.66. The van der Waals surface area contributed by atoms with Crippen molar-refractivity contribution in [1.29, 1.82) is 0 Å². The molecule has 1 aliphatic carbocycles. The Morgan fingerprint density at radius 1 is 1.32 bits per heavy atom. The van der Waals surface area contributed by atoms with Crippen LogP contribution in [0.2, 0.25) is 0 Å². The van der Waals surface area contributed by atoms with Crippen LogP contribution in [0.1, 0.15) is 46.5 Å². The van der Waals surface area contributed by atoms with Crippen LogP contribution in [0.25, 0.3) is 0 Å². The van der Waals surface area contributed by atoms with Gasteiger partial charge in [-0.3, -0.25) is 9.59 Å². The number of nitrogens with zero attached hydrogens (tertiary/aromatic N) is 1. The maximum absolute atomic E-state index is 12.1. The molecule has 19 heavy (non-hydrogen) atoms. The fourth-order valence-electron chi connectivity index (χ4n) is 2.37. The van der Waals surface area contributed by atoms with Gasteiger partial charge in [0.1, 0.15) is 0 Å². The molecule has 2 fully saturated rings. The fourth-order valence-corrected chi connectivity index (χ4v) is 2.37. The maximum atomic E-state index is 12.1. The smallest absolute Gasteiger partial charge is 0.239 e. The predicted octanol–water partition coefficient (Wildman–Crippen LogP) is 0.644. The fraction of sp³-hybridized carbons (Fsp3) is 0.857. The molecule has 2 N–H and O–H groups in total. The molecule has 5 nitrogen and oxygen atoms in total. The van der Waals surface area contributed by atoms with Gasteiger partial charge in [0.25, 0.3) is 0 Å². The van der Waals surface area contributed by atoms with E-state index in [-0.39, 0.29) is 23.4 Å². The molecule has 1 atom stereocenters. The summed E-state index contributed by atoms with van der Waals surface area (Å²) in [5, 5.41) is 6.29. The van der Waals surface area contributed by atoms with E-state index >= 15 is 0 Å². The molecular formula is C14H25N3O2. The lowest BCUT2D eigenvalue weighted by Crippen LogP contribution is -2.43. The third-order valence-corrected chi connectivity index (χ3v) is 3.43. The summed E-state index contributed by atoms with van der Waals surface area (Å²) in [5.41, 5.74) is -0.206. The molecule has 0 spiro atoms. The van der Waals surface area contributed by atoms with Gasteiger partial charge in [0.2, 0.25) is 11.8 Å². The average Bonchev–Trinajstić information content (AvgIpc) is 3.01. The zero-order chi connectivity index (χ0) is 14.0. The molecule has 0 bridgehead atoms. The van der Waals surface area contributed by atoms with Crippen LogP contribution in [0.5, 0.6) is 0 Å². The number of hydrogen-bond donors (Lipinski definition) is 2. The Hall–Kier alpha value is -1.10. The zero-order valence-electron chi connectivity index (χ0n) is 12.2. The quantitative estimate of drug-likeness (QED) is 0.768. The minimum absolute atomic E-state index is 0.0129. The SMILES string of the molecule is CC(C)(C)NC(=O)CCN1CCC(NC2CC2)C1=O. The van der Waals surface area contributed by atoms with E-state index in [9.17, 15) is 9.59 Å². The Morgan fingerprint density at radius 3 is 2.58 bits per heavy atom. The predicted molar refractivity (Wildman–Crippen MR) is 73.7 cm³/mol. The first-order valence-corrected chi connectivity index (χ1v) is 7.21. The molecule has 1 heterocycles. The summed E-state index contributed by atoms with van der Waals surface area (Å²) in [7, 11) is 0. The van der Waals surface area contributed by atoms with Gasteiger partial charge in [0.05, 0.1) is 6.04 Å². The number of likely N-dealkylation sites (tertiary alicyclic amines) is 1. The average molecular weight is 267 g/mol. The Labute approximate surface area is 115 Å². The molecule has 0 aromatic rings. The Balaban J connectivity index is 1.71. The number of carbonyl (C=O) groups is 2. The molecule has 1 saturated carbocycles. The molecule has 2 aliphatic rings. The van der Waals surface area contributed by atoms with E-state index in [2.05, 4.69) is 10.6 Å². The number of nitrogens with one attached hydrogen (secondary N) is 2. The van der Waals surface area contributed by atoms with Crippen molar-refractivity contribution in [1.82, 2.24) is 15.5 Å². The van der Waals surface area contributed by atoms with Crippen LogP contribution in [-0.2, 0) is 9.59 Å². The van der Waals surface area contributed by atoms with E-state index in [4.69, 9.17) is 0 Å². The highest BCUT2D eigenvalue weighted by Gasteiger charge is 2.35. The van der Waals surface area contributed by atoms with Crippen LogP contribution in [0.15, 0.2) is 0 Å². The highest BCUT2D eigenvalue weighted by atomic mass is 16.2. The third kappa shape index (κ3) is 4.49. The lowest BCUT2D eigenvalue weighted by Gasteiger charge is -2.22. The summed E-state index contributed by atoms with van der Waals surface area (Å²) < 4.78 is 0. The lowest BCUT2D eigenvalue weighted by molar-refractivity contribution is -0.130. The summed E-state index contributed by atoms with van der Waals surface area (Å²) in [6.07, 6.45) is 3.64. The second-order valence-corrected chi connectivity index (χ2v) is 6.66. The molecule has 2 amide bonds. The van der Waals surface area contributed by atoms with Crippen molar-refractivity contribution in [2.45, 2.75) is 64.1 Å². The normalized spacial score (nSPS) is 23.8. The van der Waals surface area contributed by atoms with Gasteiger partial charge in [-0.1, -0.05) is 0 Å². The highest BCUT2D eigenvalue weighted by Crippen LogP contribution is 2.22. The molecule has 108 valence electrons. The van der Waals surface area contributed by atoms with Crippen LogP contribution < -0.4 is 10.6 Å². The van der Waals surface area contributed by atoms with E-state index in [0.29, 0.717) is 19.0 Å². The minimum atomic E-state index is -0.206. The van der Waals surface area contributed by atoms with Gasteiger partial charge in [0, 0.05) is 31.1 Å². The molecule has 0 radical (unpaired) electrons. The topological polar surface area (TPSA) is 61.4 Å². The van der Waals surface area contributed by atoms with Crippen molar-refractivity contribution >= 4 is 11.8 Å². The molecule has 1 saturated heterocycles. The van der Waals surface area contributed by atoms with Gasteiger partial charge >= 0.3 is 0 Å². The van der Waals surface area contributed by atoms with E-state index < -0.39 is 0 Å². The first-order chi connectivity index (χ1) is 8.85. The van der Waals surface area contributed by atoms with Gasteiger partial charge in [-0.25, -0.2) is 0 Å². The van der Waals surface area contributed by atoms with Crippen LogP contribution >= 0.6 is 0 Å². The Kier molecular flexibility index (Phi) is 4.13. The van der Waals surface area contributed by atoms with E-state index in [1.165, 1.54) is 12.8 Å². The number of carbonyl (C=O) groups excluding carboxylic acids is 2. The third-order valence-electron chi connectivity index (χ3n) is 3.43. The second kappa shape index (κ2) is 5.49. The van der Waals surface area contributed by atoms with Crippen molar-refractivity contribution in [2.75, 3.05) is 13.1 Å². The van der Waals surface area contributed by atoms with Gasteiger partial charge in [-0.15, -0.1) is 0 Å². The summed E-state index contributed by atoms with van der Waals surface area (Å²) in [4.78, 5) is 25.6. The van der Waals surface area contributed by atoms with Crippen molar-refractivity contribution in [3.05, 3.63) is 0 Å². The lowest BCUT2D eigenvalue weighted by atomic mass is 10.1. The van der Waals surface area contributed by atoms with Crippen LogP contribution in [-0.4, -0.2) is 47.4 Å². The van der Waals surface area contributed by atoms with Crippen molar-refractivity contribution in [3.63, 3.8) is 0 Å².